The molecule has 2 aromatic rings. The van der Waals surface area contributed by atoms with Gasteiger partial charge in [-0.05, 0) is 35.7 Å². The summed E-state index contributed by atoms with van der Waals surface area (Å²) >= 11 is 0. The predicted molar refractivity (Wildman–Crippen MR) is 97.3 cm³/mol. The van der Waals surface area contributed by atoms with E-state index in [0.29, 0.717) is 12.3 Å². The monoisotopic (exact) mass is 348 g/mol. The summed E-state index contributed by atoms with van der Waals surface area (Å²) in [6.07, 6.45) is 1.14. The van der Waals surface area contributed by atoms with Gasteiger partial charge >= 0.3 is 0 Å². The van der Waals surface area contributed by atoms with Crippen LogP contribution in [-0.2, 0) is 27.9 Å². The Balaban J connectivity index is 1.99. The number of nitrogens with one attached hydrogen (secondary N) is 2. The Labute approximate surface area is 144 Å². The lowest BCUT2D eigenvalue weighted by Gasteiger charge is -2.16. The number of ether oxygens (including phenoxy) is 1. The summed E-state index contributed by atoms with van der Waals surface area (Å²) < 4.78 is 30.2. The Morgan fingerprint density at radius 1 is 1.04 bits per heavy atom. The lowest BCUT2D eigenvalue weighted by Crippen LogP contribution is -2.19. The Hall–Kier alpha value is -1.89. The van der Waals surface area contributed by atoms with Crippen LogP contribution in [0.1, 0.15) is 29.7 Å². The Morgan fingerprint density at radius 3 is 2.25 bits per heavy atom. The Kier molecular flexibility index (Phi) is 6.36. The number of benzene rings is 2. The molecule has 0 unspecified atom stereocenters. The van der Waals surface area contributed by atoms with Crippen LogP contribution in [0.3, 0.4) is 0 Å². The summed E-state index contributed by atoms with van der Waals surface area (Å²) in [6, 6.07) is 15.7. The van der Waals surface area contributed by atoms with Gasteiger partial charge in [-0.3, -0.25) is 4.72 Å². The van der Waals surface area contributed by atoms with Crippen LogP contribution >= 0.6 is 0 Å². The SMILES string of the molecule is COCc1ccccc1CN[C@H](C)c1ccc(NS(C)(=O)=O)cc1. The number of hydrogen-bond donors (Lipinski definition) is 2. The molecule has 2 rings (SSSR count). The largest absolute Gasteiger partial charge is 0.380 e. The van der Waals surface area contributed by atoms with Gasteiger partial charge in [-0.15, -0.1) is 0 Å². The van der Waals surface area contributed by atoms with Crippen molar-refractivity contribution in [2.45, 2.75) is 26.1 Å². The van der Waals surface area contributed by atoms with Crippen LogP contribution in [0.4, 0.5) is 5.69 Å². The third-order valence-electron chi connectivity index (χ3n) is 3.73. The van der Waals surface area contributed by atoms with Crippen LogP contribution in [0.5, 0.6) is 0 Å². The third-order valence-corrected chi connectivity index (χ3v) is 4.34. The molecule has 0 amide bonds. The normalized spacial score (nSPS) is 12.8. The Bertz CT molecular complexity index is 758. The molecule has 0 fully saturated rings. The van der Waals surface area contributed by atoms with Crippen molar-refractivity contribution in [2.75, 3.05) is 18.1 Å². The van der Waals surface area contributed by atoms with Crippen molar-refractivity contribution in [3.05, 3.63) is 65.2 Å². The van der Waals surface area contributed by atoms with E-state index in [1.807, 2.05) is 24.3 Å². The van der Waals surface area contributed by atoms with Crippen LogP contribution < -0.4 is 10.0 Å². The Morgan fingerprint density at radius 2 is 1.67 bits per heavy atom. The molecule has 2 aromatic carbocycles. The molecule has 0 saturated heterocycles. The lowest BCUT2D eigenvalue weighted by molar-refractivity contribution is 0.184. The molecule has 1 atom stereocenters. The maximum Gasteiger partial charge on any atom is 0.229 e. The van der Waals surface area contributed by atoms with Gasteiger partial charge in [0.05, 0.1) is 12.9 Å². The first-order valence-corrected chi connectivity index (χ1v) is 9.65. The molecule has 2 N–H and O–H groups in total. The summed E-state index contributed by atoms with van der Waals surface area (Å²) in [4.78, 5) is 0. The average molecular weight is 348 g/mol. The summed E-state index contributed by atoms with van der Waals surface area (Å²) in [5.74, 6) is 0. The third kappa shape index (κ3) is 5.63. The standard InChI is InChI=1S/C18H24N2O3S/c1-14(15-8-10-18(11-9-15)20-24(3,21)22)19-12-16-6-4-5-7-17(16)13-23-2/h4-11,14,19-20H,12-13H2,1-3H3/t14-/m1/s1. The van der Waals surface area contributed by atoms with Gasteiger partial charge in [0, 0.05) is 25.4 Å². The highest BCUT2D eigenvalue weighted by Gasteiger charge is 2.08. The van der Waals surface area contributed by atoms with E-state index in [9.17, 15) is 8.42 Å². The highest BCUT2D eigenvalue weighted by Crippen LogP contribution is 2.18. The van der Waals surface area contributed by atoms with E-state index in [1.165, 1.54) is 11.1 Å². The quantitative estimate of drug-likeness (QED) is 0.769. The average Bonchev–Trinajstić information content (AvgIpc) is 2.53. The predicted octanol–water partition coefficient (Wildman–Crippen LogP) is 3.06. The van der Waals surface area contributed by atoms with E-state index in [2.05, 4.69) is 29.1 Å². The molecule has 5 nitrogen and oxygen atoms in total. The first-order chi connectivity index (χ1) is 11.4. The van der Waals surface area contributed by atoms with Crippen molar-refractivity contribution in [2.24, 2.45) is 0 Å². The van der Waals surface area contributed by atoms with E-state index in [4.69, 9.17) is 4.74 Å². The topological polar surface area (TPSA) is 67.4 Å². The van der Waals surface area contributed by atoms with Crippen LogP contribution in [0, 0.1) is 0 Å². The second-order valence-electron chi connectivity index (χ2n) is 5.80. The van der Waals surface area contributed by atoms with E-state index < -0.39 is 10.0 Å². The fourth-order valence-corrected chi connectivity index (χ4v) is 3.03. The van der Waals surface area contributed by atoms with Crippen molar-refractivity contribution < 1.29 is 13.2 Å². The maximum atomic E-state index is 11.2. The van der Waals surface area contributed by atoms with Gasteiger partial charge in [0.2, 0.25) is 10.0 Å². The van der Waals surface area contributed by atoms with E-state index >= 15 is 0 Å². The number of hydrogen-bond acceptors (Lipinski definition) is 4. The smallest absolute Gasteiger partial charge is 0.229 e. The van der Waals surface area contributed by atoms with Gasteiger partial charge in [-0.25, -0.2) is 8.42 Å². The fraction of sp³-hybridized carbons (Fsp3) is 0.333. The maximum absolute atomic E-state index is 11.2. The summed E-state index contributed by atoms with van der Waals surface area (Å²) in [7, 11) is -1.55. The van der Waals surface area contributed by atoms with E-state index in [0.717, 1.165) is 18.4 Å². The van der Waals surface area contributed by atoms with Crippen LogP contribution in [0.25, 0.3) is 0 Å². The fourth-order valence-electron chi connectivity index (χ4n) is 2.46. The van der Waals surface area contributed by atoms with Gasteiger partial charge in [-0.2, -0.15) is 0 Å². The van der Waals surface area contributed by atoms with Crippen LogP contribution in [-0.4, -0.2) is 21.8 Å². The van der Waals surface area contributed by atoms with Gasteiger partial charge < -0.3 is 10.1 Å². The molecule has 0 spiro atoms. The number of rotatable bonds is 8. The van der Waals surface area contributed by atoms with Crippen LogP contribution in [0.15, 0.2) is 48.5 Å². The molecule has 0 aliphatic rings. The number of anilines is 1. The first-order valence-electron chi connectivity index (χ1n) is 7.76. The highest BCUT2D eigenvalue weighted by atomic mass is 32.2. The zero-order valence-corrected chi connectivity index (χ0v) is 15.1. The number of methoxy groups -OCH3 is 1. The zero-order valence-electron chi connectivity index (χ0n) is 14.2. The molecule has 0 aliphatic carbocycles. The minimum absolute atomic E-state index is 0.146. The van der Waals surface area contributed by atoms with Crippen molar-refractivity contribution in [1.29, 1.82) is 0 Å². The van der Waals surface area contributed by atoms with E-state index in [1.54, 1.807) is 19.2 Å². The molecule has 0 radical (unpaired) electrons. The molecule has 0 bridgehead atoms. The van der Waals surface area contributed by atoms with Gasteiger partial charge in [0.1, 0.15) is 0 Å². The molecule has 0 aromatic heterocycles. The van der Waals surface area contributed by atoms with Crippen molar-refractivity contribution in [3.8, 4) is 0 Å². The minimum atomic E-state index is -3.24. The molecular formula is C18H24N2O3S. The van der Waals surface area contributed by atoms with Gasteiger partial charge in [0.25, 0.3) is 0 Å². The summed E-state index contributed by atoms with van der Waals surface area (Å²) in [6.45, 7) is 3.42. The van der Waals surface area contributed by atoms with Crippen molar-refractivity contribution in [1.82, 2.24) is 5.32 Å². The lowest BCUT2D eigenvalue weighted by atomic mass is 10.1. The molecule has 0 saturated carbocycles. The zero-order chi connectivity index (χ0) is 17.6. The van der Waals surface area contributed by atoms with Crippen molar-refractivity contribution >= 4 is 15.7 Å². The molecule has 0 aliphatic heterocycles. The molecule has 6 heteroatoms. The van der Waals surface area contributed by atoms with Gasteiger partial charge in [-0.1, -0.05) is 36.4 Å². The molecule has 130 valence electrons. The number of sulfonamides is 1. The molecule has 0 heterocycles. The first kappa shape index (κ1) is 18.4. The highest BCUT2D eigenvalue weighted by molar-refractivity contribution is 7.92. The van der Waals surface area contributed by atoms with Crippen molar-refractivity contribution in [3.63, 3.8) is 0 Å². The second-order valence-corrected chi connectivity index (χ2v) is 7.55. The molecular weight excluding hydrogens is 324 g/mol. The molecule has 24 heavy (non-hydrogen) atoms. The van der Waals surface area contributed by atoms with Gasteiger partial charge in [0.15, 0.2) is 0 Å². The summed E-state index contributed by atoms with van der Waals surface area (Å²) in [5.41, 5.74) is 4.05. The minimum Gasteiger partial charge on any atom is -0.380 e. The van der Waals surface area contributed by atoms with Crippen LogP contribution in [0.2, 0.25) is 0 Å². The van der Waals surface area contributed by atoms with E-state index in [-0.39, 0.29) is 6.04 Å². The second kappa shape index (κ2) is 8.28. The summed E-state index contributed by atoms with van der Waals surface area (Å²) in [5, 5.41) is 3.49.